The minimum absolute atomic E-state index is 0.00928. The summed E-state index contributed by atoms with van der Waals surface area (Å²) in [6.07, 6.45) is 3.70. The summed E-state index contributed by atoms with van der Waals surface area (Å²) in [7, 11) is 1.64. The molecule has 11 nitrogen and oxygen atoms in total. The number of hydrogen-bond donors (Lipinski definition) is 2. The van der Waals surface area contributed by atoms with Gasteiger partial charge in [0.15, 0.2) is 6.35 Å². The predicted molar refractivity (Wildman–Crippen MR) is 163 cm³/mol. The number of carbonyl (C=O) groups excluding carboxylic acids is 1. The van der Waals surface area contributed by atoms with E-state index in [1.165, 1.54) is 17.6 Å². The van der Waals surface area contributed by atoms with Crippen molar-refractivity contribution in [3.63, 3.8) is 0 Å². The average Bonchev–Trinajstić information content (AvgIpc) is 3.66. The van der Waals surface area contributed by atoms with Crippen LogP contribution in [0, 0.1) is 12.8 Å². The maximum Gasteiger partial charge on any atom is 0.306 e. The number of oxazole rings is 1. The van der Waals surface area contributed by atoms with Crippen molar-refractivity contribution in [1.29, 1.82) is 0 Å². The molecule has 3 atom stereocenters. The summed E-state index contributed by atoms with van der Waals surface area (Å²) in [5, 5.41) is 24.6. The molecule has 238 valence electrons. The maximum atomic E-state index is 12.1. The number of para-hydroxylation sites is 1. The summed E-state index contributed by atoms with van der Waals surface area (Å²) in [6, 6.07) is 7.67. The lowest BCUT2D eigenvalue weighted by Gasteiger charge is -2.52. The van der Waals surface area contributed by atoms with Crippen LogP contribution in [-0.2, 0) is 19.0 Å². The Labute approximate surface area is 261 Å². The van der Waals surface area contributed by atoms with E-state index in [9.17, 15) is 15.0 Å². The molecule has 0 amide bonds. The van der Waals surface area contributed by atoms with Crippen molar-refractivity contribution in [2.24, 2.45) is 5.92 Å². The van der Waals surface area contributed by atoms with E-state index in [2.05, 4.69) is 4.98 Å². The highest BCUT2D eigenvalue weighted by Crippen LogP contribution is 2.52. The van der Waals surface area contributed by atoms with E-state index < -0.39 is 18.7 Å². The molecule has 2 N–H and O–H groups in total. The molecule has 6 rings (SSSR count). The van der Waals surface area contributed by atoms with Crippen LogP contribution in [0.3, 0.4) is 0 Å². The minimum Gasteiger partial charge on any atom is -0.496 e. The summed E-state index contributed by atoms with van der Waals surface area (Å²) in [5.74, 6) is 1.09. The molecule has 4 heterocycles. The van der Waals surface area contributed by atoms with Crippen LogP contribution in [0.2, 0.25) is 0 Å². The molecule has 0 spiro atoms. The highest BCUT2D eigenvalue weighted by atomic mass is 32.1. The van der Waals surface area contributed by atoms with Gasteiger partial charge in [0.2, 0.25) is 5.89 Å². The van der Waals surface area contributed by atoms with Crippen molar-refractivity contribution in [3.8, 4) is 16.5 Å². The van der Waals surface area contributed by atoms with Gasteiger partial charge in [-0.05, 0) is 57.1 Å². The fourth-order valence-corrected chi connectivity index (χ4v) is 7.91. The molecule has 3 aromatic rings. The number of nitrogens with zero attached hydrogens (tertiary/aromatic N) is 3. The molecule has 1 aliphatic carbocycles. The smallest absolute Gasteiger partial charge is 0.306 e. The zero-order valence-corrected chi connectivity index (χ0v) is 26.2. The average molecular weight is 628 g/mol. The molecule has 1 aromatic carbocycles. The summed E-state index contributed by atoms with van der Waals surface area (Å²) >= 11 is 1.44. The fourth-order valence-electron chi connectivity index (χ4n) is 6.61. The van der Waals surface area contributed by atoms with Gasteiger partial charge >= 0.3 is 5.97 Å². The molecule has 1 saturated carbocycles. The Balaban J connectivity index is 1.35. The van der Waals surface area contributed by atoms with Crippen LogP contribution in [0.4, 0.5) is 5.00 Å². The molecule has 1 saturated heterocycles. The first-order valence-corrected chi connectivity index (χ1v) is 16.2. The standard InChI is InChI=1S/C32H41N3O8S/c1-4-41-26(36)17-20-15-21(16-20)35-30(37)27-19(2)28(29-33-11-14-42-29)44-31(27)34(32(35)38)18-25(43-22-9-12-40-13-10-22)23-7-5-6-8-24(23)39-3/h5-8,11,14,20-22,25,30,32,37-38H,4,9-10,12-13,15-18H2,1-3H3/t20?,21?,25-,30+,32-/m0/s1. The van der Waals surface area contributed by atoms with Crippen LogP contribution >= 0.6 is 11.3 Å². The zero-order valence-electron chi connectivity index (χ0n) is 25.4. The van der Waals surface area contributed by atoms with Crippen LogP contribution in [0.25, 0.3) is 10.8 Å². The number of benzene rings is 1. The van der Waals surface area contributed by atoms with Crippen molar-refractivity contribution in [3.05, 3.63) is 53.4 Å². The van der Waals surface area contributed by atoms with Crippen molar-refractivity contribution in [2.75, 3.05) is 38.4 Å². The van der Waals surface area contributed by atoms with Crippen LogP contribution in [0.5, 0.6) is 5.75 Å². The van der Waals surface area contributed by atoms with Crippen molar-refractivity contribution < 1.29 is 38.4 Å². The normalized spacial score (nSPS) is 24.9. The zero-order chi connectivity index (χ0) is 30.8. The predicted octanol–water partition coefficient (Wildman–Crippen LogP) is 4.78. The summed E-state index contributed by atoms with van der Waals surface area (Å²) in [6.45, 7) is 5.68. The number of methoxy groups -OCH3 is 1. The monoisotopic (exact) mass is 627 g/mol. The van der Waals surface area contributed by atoms with Crippen LogP contribution in [0.15, 0.2) is 41.1 Å². The number of aliphatic hydroxyl groups excluding tert-OH is 2. The van der Waals surface area contributed by atoms with E-state index in [0.29, 0.717) is 62.8 Å². The van der Waals surface area contributed by atoms with Gasteiger partial charge in [0.05, 0.1) is 37.4 Å². The quantitative estimate of drug-likeness (QED) is 0.285. The number of esters is 1. The lowest BCUT2D eigenvalue weighted by molar-refractivity contribution is -0.165. The van der Waals surface area contributed by atoms with Crippen molar-refractivity contribution in [2.45, 2.75) is 76.8 Å². The third kappa shape index (κ3) is 6.11. The van der Waals surface area contributed by atoms with Gasteiger partial charge in [-0.3, -0.25) is 4.79 Å². The first kappa shape index (κ1) is 31.0. The first-order chi connectivity index (χ1) is 21.4. The molecule has 0 radical (unpaired) electrons. The van der Waals surface area contributed by atoms with Gasteiger partial charge in [-0.1, -0.05) is 18.2 Å². The molecule has 0 bridgehead atoms. The minimum atomic E-state index is -1.14. The third-order valence-corrected chi connectivity index (χ3v) is 10.2. The van der Waals surface area contributed by atoms with E-state index in [1.807, 2.05) is 36.1 Å². The van der Waals surface area contributed by atoms with Crippen LogP contribution in [-0.4, -0.2) is 78.0 Å². The van der Waals surface area contributed by atoms with Gasteiger partial charge in [-0.2, -0.15) is 0 Å². The molecular formula is C32H41N3O8S. The molecule has 3 aliphatic rings. The van der Waals surface area contributed by atoms with Crippen LogP contribution in [0.1, 0.15) is 68.1 Å². The van der Waals surface area contributed by atoms with Gasteiger partial charge < -0.3 is 38.5 Å². The summed E-state index contributed by atoms with van der Waals surface area (Å²) in [4.78, 5) is 21.0. The molecule has 12 heteroatoms. The van der Waals surface area contributed by atoms with E-state index in [0.717, 1.165) is 33.8 Å². The molecule has 2 aliphatic heterocycles. The van der Waals surface area contributed by atoms with Crippen LogP contribution < -0.4 is 9.64 Å². The Morgan fingerprint density at radius 3 is 2.68 bits per heavy atom. The van der Waals surface area contributed by atoms with E-state index in [4.69, 9.17) is 23.4 Å². The SMILES string of the molecule is CCOC(=O)CC1CC(N2[C@H](O)c3c(sc(-c4ncco4)c3C)N(C[C@H](OC3CCOCC3)c3ccccc3OC)[C@@H]2O)C1. The number of fused-ring (bicyclic) bond motifs is 1. The number of thiophene rings is 1. The Kier molecular flexibility index (Phi) is 9.55. The Hall–Kier alpha value is -3.00. The van der Waals surface area contributed by atoms with Gasteiger partial charge in [-0.15, -0.1) is 11.3 Å². The number of ether oxygens (including phenoxy) is 4. The molecule has 0 unspecified atom stereocenters. The van der Waals surface area contributed by atoms with E-state index >= 15 is 0 Å². The number of hydrogen-bond acceptors (Lipinski definition) is 12. The Morgan fingerprint density at radius 1 is 1.20 bits per heavy atom. The topological polar surface area (TPSA) is 127 Å². The number of aromatic nitrogens is 1. The van der Waals surface area contributed by atoms with E-state index in [1.54, 1.807) is 25.1 Å². The molecular weight excluding hydrogens is 586 g/mol. The maximum absolute atomic E-state index is 12.1. The Morgan fingerprint density at radius 2 is 1.98 bits per heavy atom. The second-order valence-corrected chi connectivity index (χ2v) is 12.6. The number of rotatable bonds is 11. The second-order valence-electron chi connectivity index (χ2n) is 11.6. The largest absolute Gasteiger partial charge is 0.496 e. The van der Waals surface area contributed by atoms with Crippen molar-refractivity contribution >= 4 is 22.3 Å². The van der Waals surface area contributed by atoms with E-state index in [-0.39, 0.29) is 24.0 Å². The van der Waals surface area contributed by atoms with Gasteiger partial charge in [0, 0.05) is 36.8 Å². The lowest BCUT2D eigenvalue weighted by atomic mass is 9.77. The Bertz CT molecular complexity index is 1400. The fraction of sp³-hybridized carbons (Fsp3) is 0.562. The van der Waals surface area contributed by atoms with Gasteiger partial charge in [-0.25, -0.2) is 9.88 Å². The molecule has 44 heavy (non-hydrogen) atoms. The van der Waals surface area contributed by atoms with Gasteiger partial charge in [0.1, 0.15) is 29.3 Å². The van der Waals surface area contributed by atoms with Crippen molar-refractivity contribution in [1.82, 2.24) is 9.88 Å². The summed E-state index contributed by atoms with van der Waals surface area (Å²) < 4.78 is 28.9. The highest BCUT2D eigenvalue weighted by Gasteiger charge is 2.48. The second kappa shape index (κ2) is 13.6. The lowest BCUT2D eigenvalue weighted by Crippen LogP contribution is -2.61. The number of carbonyl (C=O) groups is 1. The summed E-state index contributed by atoms with van der Waals surface area (Å²) in [5.41, 5.74) is 2.45. The number of anilines is 1. The third-order valence-electron chi connectivity index (χ3n) is 8.91. The highest BCUT2D eigenvalue weighted by molar-refractivity contribution is 7.19. The molecule has 2 aromatic heterocycles. The number of aliphatic hydroxyl groups is 2. The molecule has 2 fully saturated rings. The van der Waals surface area contributed by atoms with Gasteiger partial charge in [0.25, 0.3) is 0 Å². The first-order valence-electron chi connectivity index (χ1n) is 15.3.